The molecule has 0 fully saturated rings. The summed E-state index contributed by atoms with van der Waals surface area (Å²) in [7, 11) is 0. The zero-order valence-corrected chi connectivity index (χ0v) is 15.2. The third kappa shape index (κ3) is 5.92. The maximum absolute atomic E-state index is 12.1. The minimum atomic E-state index is -0.921. The minimum absolute atomic E-state index is 0.104. The molecule has 1 atom stereocenters. The monoisotopic (exact) mass is 355 g/mol. The first-order valence-electron chi connectivity index (χ1n) is 8.75. The van der Waals surface area contributed by atoms with Crippen molar-refractivity contribution in [2.45, 2.75) is 26.7 Å². The smallest absolute Gasteiger partial charge is 0.308 e. The van der Waals surface area contributed by atoms with Crippen molar-refractivity contribution in [2.24, 2.45) is 5.92 Å². The van der Waals surface area contributed by atoms with Crippen molar-refractivity contribution in [3.63, 3.8) is 0 Å². The van der Waals surface area contributed by atoms with E-state index in [9.17, 15) is 14.7 Å². The van der Waals surface area contributed by atoms with Crippen LogP contribution in [0.4, 0.5) is 0 Å². The molecule has 0 saturated heterocycles. The predicted octanol–water partition coefficient (Wildman–Crippen LogP) is 3.00. The molecule has 0 aliphatic heterocycles. The van der Waals surface area contributed by atoms with E-state index in [1.807, 2.05) is 62.4 Å². The number of rotatable bonds is 9. The van der Waals surface area contributed by atoms with Crippen molar-refractivity contribution in [2.75, 3.05) is 13.2 Å². The van der Waals surface area contributed by atoms with E-state index in [1.165, 1.54) is 0 Å². The van der Waals surface area contributed by atoms with Gasteiger partial charge in [-0.25, -0.2) is 0 Å². The van der Waals surface area contributed by atoms with Crippen molar-refractivity contribution in [1.82, 2.24) is 5.32 Å². The molecule has 0 heterocycles. The Balaban J connectivity index is 1.90. The van der Waals surface area contributed by atoms with E-state index in [4.69, 9.17) is 4.74 Å². The maximum Gasteiger partial charge on any atom is 0.308 e. The zero-order chi connectivity index (χ0) is 18.9. The lowest BCUT2D eigenvalue weighted by Gasteiger charge is -2.14. The molecule has 0 aliphatic carbocycles. The van der Waals surface area contributed by atoms with E-state index in [0.717, 1.165) is 22.4 Å². The SMILES string of the molecule is CCOc1ccc(CC(CNC(=O)Cc2ccccc2C)C(=O)O)cc1. The number of hydrogen-bond donors (Lipinski definition) is 2. The molecule has 138 valence electrons. The molecule has 1 unspecified atom stereocenters. The highest BCUT2D eigenvalue weighted by Crippen LogP contribution is 2.15. The lowest BCUT2D eigenvalue weighted by Crippen LogP contribution is -2.35. The lowest BCUT2D eigenvalue weighted by atomic mass is 9.99. The van der Waals surface area contributed by atoms with Crippen LogP contribution in [0.15, 0.2) is 48.5 Å². The number of aryl methyl sites for hydroxylation is 1. The fraction of sp³-hybridized carbons (Fsp3) is 0.333. The number of nitrogens with one attached hydrogen (secondary N) is 1. The highest BCUT2D eigenvalue weighted by molar-refractivity contribution is 5.80. The third-order valence-electron chi connectivity index (χ3n) is 4.22. The summed E-state index contributed by atoms with van der Waals surface area (Å²) in [6.45, 7) is 4.56. The van der Waals surface area contributed by atoms with Crippen LogP contribution in [0, 0.1) is 12.8 Å². The van der Waals surface area contributed by atoms with E-state index in [-0.39, 0.29) is 18.9 Å². The van der Waals surface area contributed by atoms with Gasteiger partial charge < -0.3 is 15.2 Å². The first-order chi connectivity index (χ1) is 12.5. The Labute approximate surface area is 154 Å². The van der Waals surface area contributed by atoms with Crippen molar-refractivity contribution in [3.8, 4) is 5.75 Å². The molecule has 0 bridgehead atoms. The van der Waals surface area contributed by atoms with Crippen LogP contribution in [0.2, 0.25) is 0 Å². The van der Waals surface area contributed by atoms with Gasteiger partial charge in [-0.3, -0.25) is 9.59 Å². The fourth-order valence-electron chi connectivity index (χ4n) is 2.70. The summed E-state index contributed by atoms with van der Waals surface area (Å²) in [6.07, 6.45) is 0.606. The number of amides is 1. The normalized spacial score (nSPS) is 11.6. The predicted molar refractivity (Wildman–Crippen MR) is 100 cm³/mol. The maximum atomic E-state index is 12.1. The third-order valence-corrected chi connectivity index (χ3v) is 4.22. The van der Waals surface area contributed by atoms with Gasteiger partial charge >= 0.3 is 5.97 Å². The minimum Gasteiger partial charge on any atom is -0.494 e. The summed E-state index contributed by atoms with van der Waals surface area (Å²) in [5.41, 5.74) is 2.89. The summed E-state index contributed by atoms with van der Waals surface area (Å²) < 4.78 is 5.39. The van der Waals surface area contributed by atoms with Gasteiger partial charge in [0.25, 0.3) is 0 Å². The lowest BCUT2D eigenvalue weighted by molar-refractivity contribution is -0.141. The van der Waals surface area contributed by atoms with Gasteiger partial charge in [-0.2, -0.15) is 0 Å². The van der Waals surface area contributed by atoms with Crippen LogP contribution in [0.1, 0.15) is 23.6 Å². The topological polar surface area (TPSA) is 75.6 Å². The van der Waals surface area contributed by atoms with Crippen LogP contribution < -0.4 is 10.1 Å². The number of ether oxygens (including phenoxy) is 1. The number of carboxylic acid groups (broad SMARTS) is 1. The van der Waals surface area contributed by atoms with Crippen LogP contribution in [-0.4, -0.2) is 30.1 Å². The van der Waals surface area contributed by atoms with Gasteiger partial charge in [0.15, 0.2) is 0 Å². The van der Waals surface area contributed by atoms with Gasteiger partial charge in [-0.1, -0.05) is 36.4 Å². The Bertz CT molecular complexity index is 740. The van der Waals surface area contributed by atoms with E-state index in [2.05, 4.69) is 5.32 Å². The highest BCUT2D eigenvalue weighted by Gasteiger charge is 2.19. The molecule has 5 nitrogen and oxygen atoms in total. The Morgan fingerprint density at radius 3 is 2.42 bits per heavy atom. The second kappa shape index (κ2) is 9.61. The van der Waals surface area contributed by atoms with Crippen LogP contribution in [0.3, 0.4) is 0 Å². The van der Waals surface area contributed by atoms with Crippen LogP contribution in [0.25, 0.3) is 0 Å². The summed E-state index contributed by atoms with van der Waals surface area (Å²) in [4.78, 5) is 23.7. The average molecular weight is 355 g/mol. The zero-order valence-electron chi connectivity index (χ0n) is 15.2. The van der Waals surface area contributed by atoms with Gasteiger partial charge in [0, 0.05) is 6.54 Å². The number of hydrogen-bond acceptors (Lipinski definition) is 3. The first-order valence-corrected chi connectivity index (χ1v) is 8.75. The van der Waals surface area contributed by atoms with Crippen molar-refractivity contribution >= 4 is 11.9 Å². The molecule has 2 aromatic carbocycles. The molecule has 0 saturated carbocycles. The molecule has 1 amide bonds. The molecule has 0 aromatic heterocycles. The first kappa shape index (κ1) is 19.5. The summed E-state index contributed by atoms with van der Waals surface area (Å²) in [6, 6.07) is 15.0. The van der Waals surface area contributed by atoms with E-state index in [0.29, 0.717) is 13.0 Å². The Hall–Kier alpha value is -2.82. The second-order valence-corrected chi connectivity index (χ2v) is 6.22. The van der Waals surface area contributed by atoms with Gasteiger partial charge in [-0.15, -0.1) is 0 Å². The number of carboxylic acids is 1. The number of carbonyl (C=O) groups is 2. The van der Waals surface area contributed by atoms with Crippen molar-refractivity contribution in [1.29, 1.82) is 0 Å². The number of carbonyl (C=O) groups excluding carboxylic acids is 1. The quantitative estimate of drug-likeness (QED) is 0.725. The summed E-state index contributed by atoms with van der Waals surface area (Å²) >= 11 is 0. The largest absolute Gasteiger partial charge is 0.494 e. The van der Waals surface area contributed by atoms with Gasteiger partial charge in [-0.05, 0) is 49.1 Å². The summed E-state index contributed by atoms with van der Waals surface area (Å²) in [5, 5.41) is 12.2. The van der Waals surface area contributed by atoms with Crippen LogP contribution in [-0.2, 0) is 22.4 Å². The van der Waals surface area contributed by atoms with E-state index >= 15 is 0 Å². The molecule has 0 aliphatic rings. The molecule has 5 heteroatoms. The molecule has 2 aromatic rings. The molecular formula is C21H25NO4. The van der Waals surface area contributed by atoms with E-state index < -0.39 is 11.9 Å². The molecule has 0 spiro atoms. The Kier molecular flexibility index (Phi) is 7.21. The molecule has 0 radical (unpaired) electrons. The van der Waals surface area contributed by atoms with Gasteiger partial charge in [0.1, 0.15) is 5.75 Å². The summed E-state index contributed by atoms with van der Waals surface area (Å²) in [5.74, 6) is -1.00. The van der Waals surface area contributed by atoms with Gasteiger partial charge in [0.05, 0.1) is 18.9 Å². The molecular weight excluding hydrogens is 330 g/mol. The molecule has 2 N–H and O–H groups in total. The van der Waals surface area contributed by atoms with Crippen molar-refractivity contribution in [3.05, 3.63) is 65.2 Å². The van der Waals surface area contributed by atoms with E-state index in [1.54, 1.807) is 0 Å². The highest BCUT2D eigenvalue weighted by atomic mass is 16.5. The van der Waals surface area contributed by atoms with Crippen molar-refractivity contribution < 1.29 is 19.4 Å². The fourth-order valence-corrected chi connectivity index (χ4v) is 2.70. The standard InChI is InChI=1S/C21H25NO4/c1-3-26-19-10-8-16(9-11-19)12-18(21(24)25)14-22-20(23)13-17-7-5-4-6-15(17)2/h4-11,18H,3,12-14H2,1-2H3,(H,22,23)(H,24,25). The van der Waals surface area contributed by atoms with Crippen LogP contribution >= 0.6 is 0 Å². The number of aliphatic carboxylic acids is 1. The molecule has 26 heavy (non-hydrogen) atoms. The Morgan fingerprint density at radius 2 is 1.81 bits per heavy atom. The average Bonchev–Trinajstić information content (AvgIpc) is 2.62. The second-order valence-electron chi connectivity index (χ2n) is 6.22. The number of benzene rings is 2. The van der Waals surface area contributed by atoms with Gasteiger partial charge in [0.2, 0.25) is 5.91 Å². The van der Waals surface area contributed by atoms with Crippen LogP contribution in [0.5, 0.6) is 5.75 Å². The Morgan fingerprint density at radius 1 is 1.12 bits per heavy atom. The molecule has 2 rings (SSSR count).